The molecule has 5 heteroatoms. The summed E-state index contributed by atoms with van der Waals surface area (Å²) in [5, 5.41) is 22.4. The van der Waals surface area contributed by atoms with E-state index in [0.717, 1.165) is 38.6 Å². The summed E-state index contributed by atoms with van der Waals surface area (Å²) in [6.07, 6.45) is 8.86. The maximum absolute atomic E-state index is 11.7. The van der Waals surface area contributed by atoms with Gasteiger partial charge in [0.2, 0.25) is 0 Å². The van der Waals surface area contributed by atoms with Gasteiger partial charge in [0.25, 0.3) is 0 Å². The number of likely N-dealkylation sites (N-methyl/N-ethyl adjacent to an activating group) is 1. The second kappa shape index (κ2) is 5.62. The summed E-state index contributed by atoms with van der Waals surface area (Å²) >= 11 is 0. The van der Waals surface area contributed by atoms with Gasteiger partial charge in [0.1, 0.15) is 11.7 Å². The molecule has 1 saturated heterocycles. The van der Waals surface area contributed by atoms with Gasteiger partial charge in [-0.2, -0.15) is 0 Å². The first-order chi connectivity index (χ1) is 14.3. The first-order valence-electron chi connectivity index (χ1n) is 11.5. The number of hydrogen-bond acceptors (Lipinski definition) is 5. The minimum atomic E-state index is -0.850. The number of phenols is 1. The molecule has 0 unspecified atom stereocenters. The van der Waals surface area contributed by atoms with Gasteiger partial charge < -0.3 is 24.6 Å². The number of ether oxygens (including phenoxy) is 2. The number of nitrogens with zero attached hydrogens (tertiary/aromatic N) is 1. The molecule has 2 heterocycles. The first kappa shape index (κ1) is 19.1. The average molecular weight is 412 g/mol. The van der Waals surface area contributed by atoms with Crippen molar-refractivity contribution in [1.29, 1.82) is 0 Å². The van der Waals surface area contributed by atoms with Gasteiger partial charge in [-0.1, -0.05) is 31.6 Å². The standard InChI is InChI=1S/C25H33NO4/c1-5-8-22(2,28)17-14-23-9-10-25(17,29-4)21-24(23)11-12-26(3)18(23)13-15-6-7-16(27)20(30-21)19(15)24/h6-7,9-10,17-18,21,27-28H,5,8,11-14H2,1-4H3/t17-,18+,21-,22+,23+,24-,25+/m0/s1. The Balaban J connectivity index is 1.66. The molecular formula is C25H33NO4. The van der Waals surface area contributed by atoms with E-state index in [9.17, 15) is 10.2 Å². The lowest BCUT2D eigenvalue weighted by atomic mass is 9.36. The summed E-state index contributed by atoms with van der Waals surface area (Å²) in [4.78, 5) is 2.51. The molecule has 7 rings (SSSR count). The molecule has 1 aromatic rings. The van der Waals surface area contributed by atoms with Crippen molar-refractivity contribution in [1.82, 2.24) is 4.90 Å². The monoisotopic (exact) mass is 411 g/mol. The number of methoxy groups -OCH3 is 1. The topological polar surface area (TPSA) is 62.2 Å². The number of likely N-dealkylation sites (tertiary alicyclic amines) is 1. The van der Waals surface area contributed by atoms with Crippen LogP contribution in [0, 0.1) is 11.3 Å². The molecule has 2 aliphatic heterocycles. The Kier molecular flexibility index (Phi) is 3.59. The lowest BCUT2D eigenvalue weighted by Crippen LogP contribution is -2.80. The number of phenolic OH excluding ortho intramolecular Hbond substituents is 1. The van der Waals surface area contributed by atoms with Gasteiger partial charge in [-0.25, -0.2) is 0 Å². The molecule has 7 atom stereocenters. The van der Waals surface area contributed by atoms with Crippen LogP contribution in [-0.4, -0.2) is 59.2 Å². The SMILES string of the molecule is CCC[C@@](C)(O)[C@@H]1C[C@@]23C=C[C@]1(OC)[C@H]1Oc4c(O)ccc5c4[C@@]12CCN(C)[C@@H]3C5. The van der Waals surface area contributed by atoms with Crippen molar-refractivity contribution in [2.24, 2.45) is 11.3 Å². The fraction of sp³-hybridized carbons (Fsp3) is 0.680. The largest absolute Gasteiger partial charge is 0.504 e. The molecule has 162 valence electrons. The van der Waals surface area contributed by atoms with Gasteiger partial charge in [0.05, 0.1) is 11.0 Å². The normalized spacial score (nSPS) is 44.5. The summed E-state index contributed by atoms with van der Waals surface area (Å²) in [5.74, 6) is 0.823. The van der Waals surface area contributed by atoms with Crippen LogP contribution in [0.25, 0.3) is 0 Å². The third-order valence-corrected chi connectivity index (χ3v) is 9.58. The fourth-order valence-electron chi connectivity index (χ4n) is 8.44. The second-order valence-corrected chi connectivity index (χ2v) is 10.7. The molecule has 30 heavy (non-hydrogen) atoms. The summed E-state index contributed by atoms with van der Waals surface area (Å²) in [6.45, 7) is 5.11. The smallest absolute Gasteiger partial charge is 0.165 e. The molecule has 5 nitrogen and oxygen atoms in total. The number of hydrogen-bond donors (Lipinski definition) is 2. The zero-order chi connectivity index (χ0) is 21.1. The summed E-state index contributed by atoms with van der Waals surface area (Å²) in [7, 11) is 4.00. The highest BCUT2D eigenvalue weighted by molar-refractivity contribution is 5.65. The van der Waals surface area contributed by atoms with Crippen LogP contribution >= 0.6 is 0 Å². The molecule has 0 radical (unpaired) electrons. The summed E-state index contributed by atoms with van der Waals surface area (Å²) < 4.78 is 13.1. The van der Waals surface area contributed by atoms with Crippen molar-refractivity contribution in [2.75, 3.05) is 20.7 Å². The van der Waals surface area contributed by atoms with Crippen LogP contribution in [0.15, 0.2) is 24.3 Å². The number of aromatic hydroxyl groups is 1. The molecule has 4 aliphatic carbocycles. The van der Waals surface area contributed by atoms with Gasteiger partial charge in [-0.05, 0) is 57.8 Å². The van der Waals surface area contributed by atoms with E-state index >= 15 is 0 Å². The Labute approximate surface area is 178 Å². The Morgan fingerprint density at radius 1 is 1.33 bits per heavy atom. The number of aliphatic hydroxyl groups is 1. The van der Waals surface area contributed by atoms with Crippen molar-refractivity contribution in [2.45, 2.75) is 74.7 Å². The van der Waals surface area contributed by atoms with Crippen LogP contribution in [0.3, 0.4) is 0 Å². The predicted octanol–water partition coefficient (Wildman–Crippen LogP) is 3.16. The highest BCUT2D eigenvalue weighted by Crippen LogP contribution is 2.75. The average Bonchev–Trinajstić information content (AvgIpc) is 3.09. The highest BCUT2D eigenvalue weighted by Gasteiger charge is 2.80. The van der Waals surface area contributed by atoms with E-state index < -0.39 is 11.2 Å². The molecule has 6 aliphatic rings. The Morgan fingerprint density at radius 3 is 2.87 bits per heavy atom. The maximum Gasteiger partial charge on any atom is 0.165 e. The van der Waals surface area contributed by atoms with Crippen molar-refractivity contribution in [3.63, 3.8) is 0 Å². The third kappa shape index (κ3) is 1.80. The van der Waals surface area contributed by atoms with Crippen LogP contribution in [0.5, 0.6) is 11.5 Å². The molecule has 0 amide bonds. The van der Waals surface area contributed by atoms with Crippen molar-refractivity contribution < 1.29 is 19.7 Å². The van der Waals surface area contributed by atoms with Crippen LogP contribution in [-0.2, 0) is 16.6 Å². The predicted molar refractivity (Wildman–Crippen MR) is 114 cm³/mol. The number of benzene rings is 1. The van der Waals surface area contributed by atoms with E-state index in [2.05, 4.69) is 37.1 Å². The van der Waals surface area contributed by atoms with Crippen molar-refractivity contribution in [3.05, 3.63) is 35.4 Å². The van der Waals surface area contributed by atoms with Gasteiger partial charge in [-0.3, -0.25) is 0 Å². The van der Waals surface area contributed by atoms with Crippen LogP contribution < -0.4 is 4.74 Å². The minimum absolute atomic E-state index is 0.0647. The van der Waals surface area contributed by atoms with Gasteiger partial charge in [-0.15, -0.1) is 0 Å². The maximum atomic E-state index is 11.7. The molecule has 4 bridgehead atoms. The van der Waals surface area contributed by atoms with Crippen LogP contribution in [0.1, 0.15) is 50.7 Å². The zero-order valence-corrected chi connectivity index (χ0v) is 18.4. The zero-order valence-electron chi connectivity index (χ0n) is 18.4. The van der Waals surface area contributed by atoms with E-state index in [-0.39, 0.29) is 28.6 Å². The lowest BCUT2D eigenvalue weighted by Gasteiger charge is -2.72. The summed E-state index contributed by atoms with van der Waals surface area (Å²) in [6, 6.07) is 4.23. The Hall–Kier alpha value is -1.56. The van der Waals surface area contributed by atoms with Gasteiger partial charge >= 0.3 is 0 Å². The first-order valence-corrected chi connectivity index (χ1v) is 11.5. The van der Waals surface area contributed by atoms with E-state index in [4.69, 9.17) is 9.47 Å². The molecule has 1 saturated carbocycles. The Bertz CT molecular complexity index is 957. The van der Waals surface area contributed by atoms with Crippen molar-refractivity contribution in [3.8, 4) is 11.5 Å². The molecular weight excluding hydrogens is 378 g/mol. The van der Waals surface area contributed by atoms with E-state index in [1.54, 1.807) is 13.2 Å². The van der Waals surface area contributed by atoms with E-state index in [0.29, 0.717) is 11.8 Å². The van der Waals surface area contributed by atoms with E-state index in [1.807, 2.05) is 6.92 Å². The second-order valence-electron chi connectivity index (χ2n) is 10.7. The third-order valence-electron chi connectivity index (χ3n) is 9.58. The molecule has 0 aromatic heterocycles. The van der Waals surface area contributed by atoms with Crippen molar-refractivity contribution >= 4 is 0 Å². The molecule has 2 spiro atoms. The van der Waals surface area contributed by atoms with Gasteiger partial charge in [0, 0.05) is 30.0 Å². The summed E-state index contributed by atoms with van der Waals surface area (Å²) in [5.41, 5.74) is 0.625. The van der Waals surface area contributed by atoms with Gasteiger partial charge in [0.15, 0.2) is 11.5 Å². The van der Waals surface area contributed by atoms with Crippen LogP contribution in [0.4, 0.5) is 0 Å². The number of fused-ring (bicyclic) bond motifs is 1. The molecule has 1 aromatic carbocycles. The number of rotatable bonds is 4. The van der Waals surface area contributed by atoms with Crippen LogP contribution in [0.2, 0.25) is 0 Å². The van der Waals surface area contributed by atoms with E-state index in [1.165, 1.54) is 11.1 Å². The lowest BCUT2D eigenvalue weighted by molar-refractivity contribution is -0.247. The number of piperidine rings is 1. The minimum Gasteiger partial charge on any atom is -0.504 e. The fourth-order valence-corrected chi connectivity index (χ4v) is 8.44. The molecule has 2 N–H and O–H groups in total. The highest BCUT2D eigenvalue weighted by atomic mass is 16.6. The quantitative estimate of drug-likeness (QED) is 0.746. The molecule has 2 fully saturated rings. The Morgan fingerprint density at radius 2 is 2.13 bits per heavy atom.